The van der Waals surface area contributed by atoms with Gasteiger partial charge in [0.1, 0.15) is 0 Å². The molecule has 6 heteroatoms. The van der Waals surface area contributed by atoms with Crippen molar-refractivity contribution in [2.24, 2.45) is 0 Å². The topological polar surface area (TPSA) is 90.2 Å². The summed E-state index contributed by atoms with van der Waals surface area (Å²) in [5.41, 5.74) is 0. The van der Waals surface area contributed by atoms with Gasteiger partial charge in [-0.15, -0.1) is 0 Å². The highest BCUT2D eigenvalue weighted by Crippen LogP contribution is 2.14. The molecule has 1 amide bonds. The fraction of sp³-hybridized carbons (Fsp3) is 0.972. The van der Waals surface area contributed by atoms with Crippen LogP contribution >= 0.6 is 0 Å². The Morgan fingerprint density at radius 2 is 0.976 bits per heavy atom. The van der Waals surface area contributed by atoms with E-state index in [1.54, 1.807) is 4.90 Å². The first-order valence-electron chi connectivity index (χ1n) is 18.4. The number of nitrogens with zero attached hydrogens (tertiary/aromatic N) is 1. The monoisotopic (exact) mass is 600 g/mol. The Morgan fingerprint density at radius 1 is 0.571 bits per heavy atom. The van der Waals surface area contributed by atoms with Crippen LogP contribution in [0.1, 0.15) is 180 Å². The van der Waals surface area contributed by atoms with Crippen molar-refractivity contribution in [2.75, 3.05) is 39.5 Å². The molecule has 42 heavy (non-hydrogen) atoms. The number of hydrogen-bond donors (Lipinski definition) is 3. The van der Waals surface area contributed by atoms with Crippen LogP contribution in [0.25, 0.3) is 0 Å². The second-order valence-electron chi connectivity index (χ2n) is 12.6. The normalized spacial score (nSPS) is 12.2. The molecular formula is C36H73NO5. The minimum Gasteiger partial charge on any atom is -0.396 e. The standard InChI is InChI=1S/C36H73NO5/c1-2-3-4-5-6-7-8-9-12-15-18-21-24-27-32-42-34-35(40)33-37(29-31-39)36(41)28-25-22-19-16-13-10-11-14-17-20-23-26-30-38/h35,38-40H,2-34H2,1H3. The van der Waals surface area contributed by atoms with Crippen LogP contribution in [0, 0.1) is 0 Å². The summed E-state index contributed by atoms with van der Waals surface area (Å²) in [6.07, 6.45) is 32.6. The number of amides is 1. The molecule has 0 saturated carbocycles. The van der Waals surface area contributed by atoms with Gasteiger partial charge >= 0.3 is 0 Å². The maximum atomic E-state index is 12.6. The molecule has 0 rings (SSSR count). The van der Waals surface area contributed by atoms with Gasteiger partial charge in [0.25, 0.3) is 0 Å². The highest BCUT2D eigenvalue weighted by molar-refractivity contribution is 5.76. The van der Waals surface area contributed by atoms with Gasteiger partial charge in [0.05, 0.1) is 19.3 Å². The zero-order valence-electron chi connectivity index (χ0n) is 28.0. The zero-order chi connectivity index (χ0) is 30.8. The molecule has 0 aromatic carbocycles. The summed E-state index contributed by atoms with van der Waals surface area (Å²) in [6, 6.07) is 0. The molecule has 1 atom stereocenters. The van der Waals surface area contributed by atoms with Gasteiger partial charge in [-0.25, -0.2) is 0 Å². The maximum absolute atomic E-state index is 12.6. The smallest absolute Gasteiger partial charge is 0.222 e. The van der Waals surface area contributed by atoms with Gasteiger partial charge < -0.3 is 25.0 Å². The van der Waals surface area contributed by atoms with Crippen LogP contribution < -0.4 is 0 Å². The first kappa shape index (κ1) is 41.3. The lowest BCUT2D eigenvalue weighted by atomic mass is 10.0. The van der Waals surface area contributed by atoms with Crippen LogP contribution in [0.3, 0.4) is 0 Å². The van der Waals surface area contributed by atoms with E-state index in [1.807, 2.05) is 0 Å². The largest absolute Gasteiger partial charge is 0.396 e. The molecule has 0 aromatic heterocycles. The van der Waals surface area contributed by atoms with Crippen LogP contribution in [0.4, 0.5) is 0 Å². The fourth-order valence-electron chi connectivity index (χ4n) is 5.68. The number of carbonyl (C=O) groups excluding carboxylic acids is 1. The van der Waals surface area contributed by atoms with E-state index in [0.29, 0.717) is 19.6 Å². The molecule has 6 nitrogen and oxygen atoms in total. The van der Waals surface area contributed by atoms with E-state index in [1.165, 1.54) is 135 Å². The summed E-state index contributed by atoms with van der Waals surface area (Å²) < 4.78 is 5.68. The van der Waals surface area contributed by atoms with Crippen molar-refractivity contribution in [3.8, 4) is 0 Å². The first-order chi connectivity index (χ1) is 20.7. The summed E-state index contributed by atoms with van der Waals surface area (Å²) in [7, 11) is 0. The van der Waals surface area contributed by atoms with E-state index in [0.717, 1.165) is 32.1 Å². The highest BCUT2D eigenvalue weighted by atomic mass is 16.5. The van der Waals surface area contributed by atoms with Gasteiger partial charge in [0.15, 0.2) is 0 Å². The van der Waals surface area contributed by atoms with Gasteiger partial charge in [0.2, 0.25) is 5.91 Å². The Hall–Kier alpha value is -0.690. The van der Waals surface area contributed by atoms with E-state index >= 15 is 0 Å². The van der Waals surface area contributed by atoms with E-state index in [9.17, 15) is 15.0 Å². The number of carbonyl (C=O) groups is 1. The number of aliphatic hydroxyl groups excluding tert-OH is 3. The molecule has 0 aliphatic rings. The molecule has 0 aromatic rings. The van der Waals surface area contributed by atoms with Gasteiger partial charge in [-0.2, -0.15) is 0 Å². The lowest BCUT2D eigenvalue weighted by molar-refractivity contribution is -0.134. The number of unbranched alkanes of at least 4 members (excludes halogenated alkanes) is 24. The predicted octanol–water partition coefficient (Wildman–Crippen LogP) is 8.73. The minimum absolute atomic E-state index is 0.0243. The molecule has 0 saturated heterocycles. The molecule has 1 unspecified atom stereocenters. The van der Waals surface area contributed by atoms with Crippen LogP contribution in [-0.2, 0) is 9.53 Å². The van der Waals surface area contributed by atoms with Crippen LogP contribution in [0.2, 0.25) is 0 Å². The van der Waals surface area contributed by atoms with Crippen LogP contribution in [-0.4, -0.2) is 71.7 Å². The van der Waals surface area contributed by atoms with E-state index in [2.05, 4.69) is 6.92 Å². The van der Waals surface area contributed by atoms with Crippen molar-refractivity contribution >= 4 is 5.91 Å². The Bertz CT molecular complexity index is 533. The Balaban J connectivity index is 3.62. The average Bonchev–Trinajstić information content (AvgIpc) is 2.99. The zero-order valence-corrected chi connectivity index (χ0v) is 28.0. The third-order valence-corrected chi connectivity index (χ3v) is 8.40. The molecule has 0 aliphatic carbocycles. The number of ether oxygens (including phenoxy) is 1. The number of hydrogen-bond acceptors (Lipinski definition) is 5. The second-order valence-corrected chi connectivity index (χ2v) is 12.6. The third-order valence-electron chi connectivity index (χ3n) is 8.40. The van der Waals surface area contributed by atoms with E-state index in [4.69, 9.17) is 9.84 Å². The molecular weight excluding hydrogens is 526 g/mol. The molecule has 0 spiro atoms. The quantitative estimate of drug-likeness (QED) is 0.0634. The summed E-state index contributed by atoms with van der Waals surface area (Å²) in [5, 5.41) is 28.6. The first-order valence-corrected chi connectivity index (χ1v) is 18.4. The minimum atomic E-state index is -0.707. The lowest BCUT2D eigenvalue weighted by Gasteiger charge is -2.24. The Morgan fingerprint density at radius 3 is 1.40 bits per heavy atom. The van der Waals surface area contributed by atoms with Crippen molar-refractivity contribution in [2.45, 2.75) is 186 Å². The average molecular weight is 600 g/mol. The second kappa shape index (κ2) is 34.8. The van der Waals surface area contributed by atoms with Crippen molar-refractivity contribution < 1.29 is 24.9 Å². The molecule has 252 valence electrons. The third kappa shape index (κ3) is 30.8. The molecule has 0 heterocycles. The Kier molecular flexibility index (Phi) is 34.2. The van der Waals surface area contributed by atoms with E-state index < -0.39 is 6.10 Å². The summed E-state index contributed by atoms with van der Waals surface area (Å²) in [4.78, 5) is 14.2. The van der Waals surface area contributed by atoms with Crippen molar-refractivity contribution in [1.29, 1.82) is 0 Å². The number of rotatable bonds is 35. The molecule has 0 fully saturated rings. The molecule has 0 radical (unpaired) electrons. The SMILES string of the molecule is CCCCCCCCCCCCCCCCOCC(O)CN(CCO)C(=O)CCCCCCCCCCCCCCO. The predicted molar refractivity (Wildman–Crippen MR) is 178 cm³/mol. The fourth-order valence-corrected chi connectivity index (χ4v) is 5.68. The van der Waals surface area contributed by atoms with Gasteiger partial charge in [-0.1, -0.05) is 155 Å². The molecule has 0 bridgehead atoms. The van der Waals surface area contributed by atoms with Gasteiger partial charge in [0, 0.05) is 32.7 Å². The van der Waals surface area contributed by atoms with Gasteiger partial charge in [-0.05, 0) is 19.3 Å². The highest BCUT2D eigenvalue weighted by Gasteiger charge is 2.17. The summed E-state index contributed by atoms with van der Waals surface area (Å²) >= 11 is 0. The van der Waals surface area contributed by atoms with Gasteiger partial charge in [-0.3, -0.25) is 4.79 Å². The molecule has 3 N–H and O–H groups in total. The van der Waals surface area contributed by atoms with Crippen molar-refractivity contribution in [3.63, 3.8) is 0 Å². The summed E-state index contributed by atoms with van der Waals surface area (Å²) in [5.74, 6) is 0.0243. The van der Waals surface area contributed by atoms with Crippen molar-refractivity contribution in [3.05, 3.63) is 0 Å². The van der Waals surface area contributed by atoms with Crippen LogP contribution in [0.15, 0.2) is 0 Å². The summed E-state index contributed by atoms with van der Waals surface area (Å²) in [6.45, 7) is 3.92. The maximum Gasteiger partial charge on any atom is 0.222 e. The molecule has 0 aliphatic heterocycles. The van der Waals surface area contributed by atoms with Crippen LogP contribution in [0.5, 0.6) is 0 Å². The number of aliphatic hydroxyl groups is 3. The van der Waals surface area contributed by atoms with Crippen molar-refractivity contribution in [1.82, 2.24) is 4.90 Å². The van der Waals surface area contributed by atoms with E-state index in [-0.39, 0.29) is 32.2 Å². The Labute approximate surface area is 261 Å². The lowest BCUT2D eigenvalue weighted by Crippen LogP contribution is -2.40.